The summed E-state index contributed by atoms with van der Waals surface area (Å²) in [7, 11) is 0. The Hall–Kier alpha value is -1.82. The Morgan fingerprint density at radius 3 is 2.60 bits per heavy atom. The molecule has 0 aromatic carbocycles. The van der Waals surface area contributed by atoms with Crippen LogP contribution < -0.4 is 5.32 Å². The average molecular weight is 406 g/mol. The molecule has 132 valence electrons. The van der Waals surface area contributed by atoms with Gasteiger partial charge in [0.15, 0.2) is 5.82 Å². The number of carbonyl (C=O) groups is 1. The summed E-state index contributed by atoms with van der Waals surface area (Å²) in [6, 6.07) is 4.58. The van der Waals surface area contributed by atoms with Crippen molar-refractivity contribution in [3.05, 3.63) is 52.3 Å². The Bertz CT molecular complexity index is 773. The second kappa shape index (κ2) is 7.60. The number of hydrogen-bond acceptors (Lipinski definition) is 3. The summed E-state index contributed by atoms with van der Waals surface area (Å²) in [5, 5.41) is 2.89. The molecule has 1 N–H and O–H groups in total. The van der Waals surface area contributed by atoms with Crippen molar-refractivity contribution in [2.24, 2.45) is 11.8 Å². The molecule has 6 heteroatoms. The van der Waals surface area contributed by atoms with E-state index in [-0.39, 0.29) is 16.2 Å². The predicted octanol–water partition coefficient (Wildman–Crippen LogP) is 5.17. The molecule has 1 amide bonds. The van der Waals surface area contributed by atoms with E-state index in [1.54, 1.807) is 12.4 Å². The maximum Gasteiger partial charge on any atom is 0.274 e. The summed E-state index contributed by atoms with van der Waals surface area (Å²) >= 11 is 3.01. The molecule has 2 aromatic heterocycles. The second-order valence-electron chi connectivity index (χ2n) is 7.00. The fourth-order valence-electron chi connectivity index (χ4n) is 3.80. The summed E-state index contributed by atoms with van der Waals surface area (Å²) in [6.45, 7) is 4.56. The number of pyridine rings is 2. The van der Waals surface area contributed by atoms with E-state index < -0.39 is 5.82 Å². The van der Waals surface area contributed by atoms with Crippen LogP contribution in [0, 0.1) is 17.7 Å². The number of amides is 1. The van der Waals surface area contributed by atoms with Gasteiger partial charge in [0.25, 0.3) is 5.91 Å². The third-order valence-corrected chi connectivity index (χ3v) is 5.31. The molecular weight excluding hydrogens is 385 g/mol. The number of rotatable bonds is 3. The molecule has 0 spiro atoms. The first-order valence-corrected chi connectivity index (χ1v) is 9.30. The van der Waals surface area contributed by atoms with Crippen molar-refractivity contribution in [3.63, 3.8) is 0 Å². The van der Waals surface area contributed by atoms with Crippen LogP contribution in [0.15, 0.2) is 35.2 Å². The molecule has 25 heavy (non-hydrogen) atoms. The minimum atomic E-state index is -0.496. The molecule has 2 aromatic rings. The van der Waals surface area contributed by atoms with E-state index in [1.807, 2.05) is 6.07 Å². The summed E-state index contributed by atoms with van der Waals surface area (Å²) < 4.78 is 13.3. The number of hydrogen-bond donors (Lipinski definition) is 1. The quantitative estimate of drug-likeness (QED) is 0.716. The van der Waals surface area contributed by atoms with Crippen molar-refractivity contribution in [2.45, 2.75) is 39.0 Å². The van der Waals surface area contributed by atoms with E-state index in [9.17, 15) is 9.18 Å². The summed E-state index contributed by atoms with van der Waals surface area (Å²) in [4.78, 5) is 20.6. The fourth-order valence-corrected chi connectivity index (χ4v) is 4.12. The normalized spacial score (nSPS) is 23.3. The minimum Gasteiger partial charge on any atom is -0.319 e. The van der Waals surface area contributed by atoms with Crippen LogP contribution in [0.4, 0.5) is 10.1 Å². The first kappa shape index (κ1) is 18.0. The lowest BCUT2D eigenvalue weighted by atomic mass is 9.74. The molecule has 2 heterocycles. The zero-order valence-corrected chi connectivity index (χ0v) is 15.9. The van der Waals surface area contributed by atoms with E-state index in [1.165, 1.54) is 18.6 Å². The van der Waals surface area contributed by atoms with Gasteiger partial charge in [0.05, 0.1) is 11.9 Å². The van der Waals surface area contributed by atoms with Crippen molar-refractivity contribution in [2.75, 3.05) is 5.32 Å². The summed E-state index contributed by atoms with van der Waals surface area (Å²) in [5.74, 6) is 0.876. The molecule has 1 fully saturated rings. The van der Waals surface area contributed by atoms with Gasteiger partial charge >= 0.3 is 0 Å². The first-order valence-electron chi connectivity index (χ1n) is 8.51. The topological polar surface area (TPSA) is 54.9 Å². The predicted molar refractivity (Wildman–Crippen MR) is 99.0 cm³/mol. The number of carbonyl (C=O) groups excluding carboxylic acids is 1. The molecule has 1 saturated carbocycles. The number of aromatic nitrogens is 2. The lowest BCUT2D eigenvalue weighted by Gasteiger charge is -2.32. The van der Waals surface area contributed by atoms with Crippen LogP contribution in [-0.2, 0) is 0 Å². The maximum absolute atomic E-state index is 13.3. The lowest BCUT2D eigenvalue weighted by Crippen LogP contribution is -2.21. The molecule has 0 aliphatic heterocycles. The van der Waals surface area contributed by atoms with Crippen molar-refractivity contribution >= 4 is 27.5 Å². The van der Waals surface area contributed by atoms with Gasteiger partial charge in [0, 0.05) is 6.20 Å². The maximum atomic E-state index is 13.3. The van der Waals surface area contributed by atoms with Gasteiger partial charge in [-0.3, -0.25) is 9.78 Å². The smallest absolute Gasteiger partial charge is 0.274 e. The molecule has 2 unspecified atom stereocenters. The van der Waals surface area contributed by atoms with Crippen molar-refractivity contribution in [1.29, 1.82) is 0 Å². The van der Waals surface area contributed by atoms with E-state index in [0.29, 0.717) is 23.4 Å². The fraction of sp³-hybridized carbons (Fsp3) is 0.421. The van der Waals surface area contributed by atoms with Gasteiger partial charge in [-0.25, -0.2) is 9.37 Å². The van der Waals surface area contributed by atoms with Gasteiger partial charge in [-0.1, -0.05) is 13.8 Å². The standard InChI is InChI=1S/C19H21BrFN3O/c1-11-7-12(2)9-13(8-11)14-5-6-22-10-17(14)24-19(25)16-4-3-15(21)18(20)23-16/h3-6,10-13H,7-9H2,1-2H3,(H,24,25). The van der Waals surface area contributed by atoms with Crippen LogP contribution >= 0.6 is 15.9 Å². The highest BCUT2D eigenvalue weighted by Gasteiger charge is 2.27. The Labute approximate surface area is 155 Å². The highest BCUT2D eigenvalue weighted by molar-refractivity contribution is 9.10. The van der Waals surface area contributed by atoms with Gasteiger partial charge in [-0.05, 0) is 76.7 Å². The molecule has 1 aliphatic carbocycles. The van der Waals surface area contributed by atoms with E-state index in [0.717, 1.165) is 18.4 Å². The van der Waals surface area contributed by atoms with Crippen molar-refractivity contribution < 1.29 is 9.18 Å². The zero-order chi connectivity index (χ0) is 18.0. The van der Waals surface area contributed by atoms with Gasteiger partial charge in [-0.15, -0.1) is 0 Å². The second-order valence-corrected chi connectivity index (χ2v) is 7.75. The molecule has 0 radical (unpaired) electrons. The summed E-state index contributed by atoms with van der Waals surface area (Å²) in [6.07, 6.45) is 6.91. The Morgan fingerprint density at radius 2 is 1.92 bits per heavy atom. The van der Waals surface area contributed by atoms with Crippen LogP contribution in [0.2, 0.25) is 0 Å². The number of halogens is 2. The first-order chi connectivity index (χ1) is 11.9. The van der Waals surface area contributed by atoms with Gasteiger partial charge in [0.2, 0.25) is 0 Å². The molecule has 0 bridgehead atoms. The van der Waals surface area contributed by atoms with Gasteiger partial charge < -0.3 is 5.32 Å². The molecule has 0 saturated heterocycles. The summed E-state index contributed by atoms with van der Waals surface area (Å²) in [5.41, 5.74) is 1.98. The van der Waals surface area contributed by atoms with Crippen LogP contribution in [0.3, 0.4) is 0 Å². The Balaban J connectivity index is 1.83. The SMILES string of the molecule is CC1CC(C)CC(c2ccncc2NC(=O)c2ccc(F)c(Br)n2)C1. The molecule has 1 aliphatic rings. The number of nitrogens with one attached hydrogen (secondary N) is 1. The van der Waals surface area contributed by atoms with Crippen LogP contribution in [0.1, 0.15) is 55.1 Å². The van der Waals surface area contributed by atoms with Crippen LogP contribution in [-0.4, -0.2) is 15.9 Å². The largest absolute Gasteiger partial charge is 0.319 e. The average Bonchev–Trinajstić information content (AvgIpc) is 2.57. The van der Waals surface area contributed by atoms with Crippen LogP contribution in [0.5, 0.6) is 0 Å². The monoisotopic (exact) mass is 405 g/mol. The Morgan fingerprint density at radius 1 is 1.20 bits per heavy atom. The van der Waals surface area contributed by atoms with Crippen LogP contribution in [0.25, 0.3) is 0 Å². The van der Waals surface area contributed by atoms with Crippen molar-refractivity contribution in [1.82, 2.24) is 9.97 Å². The molecule has 4 nitrogen and oxygen atoms in total. The molecule has 3 rings (SSSR count). The third kappa shape index (κ3) is 4.24. The van der Waals surface area contributed by atoms with E-state index in [4.69, 9.17) is 0 Å². The minimum absolute atomic E-state index is 0.0292. The lowest BCUT2D eigenvalue weighted by molar-refractivity contribution is 0.102. The number of anilines is 1. The molecular formula is C19H21BrFN3O. The van der Waals surface area contributed by atoms with Gasteiger partial charge in [0.1, 0.15) is 10.3 Å². The molecule has 2 atom stereocenters. The highest BCUT2D eigenvalue weighted by atomic mass is 79.9. The van der Waals surface area contributed by atoms with E-state index >= 15 is 0 Å². The third-order valence-electron chi connectivity index (χ3n) is 4.76. The Kier molecular flexibility index (Phi) is 5.47. The van der Waals surface area contributed by atoms with Gasteiger partial charge in [-0.2, -0.15) is 0 Å². The number of nitrogens with zero attached hydrogens (tertiary/aromatic N) is 2. The van der Waals surface area contributed by atoms with Crippen molar-refractivity contribution in [3.8, 4) is 0 Å². The zero-order valence-electron chi connectivity index (χ0n) is 14.3. The highest BCUT2D eigenvalue weighted by Crippen LogP contribution is 2.41. The van der Waals surface area contributed by atoms with E-state index in [2.05, 4.69) is 45.1 Å².